The van der Waals surface area contributed by atoms with Gasteiger partial charge in [0.25, 0.3) is 0 Å². The second kappa shape index (κ2) is 3.60. The maximum absolute atomic E-state index is 11.5. The standard InChI is InChI=1S/C13H15N3O/c14-9-13(4-5-13)10-2-1-3-11(8-10)16-7-6-15-12(16)17/h1-3,6-8H,4-5,9,14H2,(H,15,17). The Morgan fingerprint density at radius 1 is 1.41 bits per heavy atom. The van der Waals surface area contributed by atoms with E-state index >= 15 is 0 Å². The van der Waals surface area contributed by atoms with Gasteiger partial charge in [-0.25, -0.2) is 4.79 Å². The summed E-state index contributed by atoms with van der Waals surface area (Å²) in [7, 11) is 0. The molecule has 0 unspecified atom stereocenters. The summed E-state index contributed by atoms with van der Waals surface area (Å²) in [5.74, 6) is 0. The summed E-state index contributed by atoms with van der Waals surface area (Å²) < 4.78 is 1.61. The number of benzene rings is 1. The van der Waals surface area contributed by atoms with Gasteiger partial charge in [0.05, 0.1) is 5.69 Å². The molecule has 4 heteroatoms. The minimum atomic E-state index is -0.111. The van der Waals surface area contributed by atoms with Gasteiger partial charge in [-0.1, -0.05) is 12.1 Å². The number of imidazole rings is 1. The van der Waals surface area contributed by atoms with Gasteiger partial charge >= 0.3 is 5.69 Å². The highest BCUT2D eigenvalue weighted by Gasteiger charge is 2.42. The number of nitrogens with one attached hydrogen (secondary N) is 1. The van der Waals surface area contributed by atoms with Crippen LogP contribution in [0.3, 0.4) is 0 Å². The number of rotatable bonds is 3. The van der Waals surface area contributed by atoms with Gasteiger partial charge in [0.2, 0.25) is 0 Å². The summed E-state index contributed by atoms with van der Waals surface area (Å²) in [6.45, 7) is 0.679. The molecule has 1 heterocycles. The lowest BCUT2D eigenvalue weighted by Gasteiger charge is -2.14. The first-order valence-corrected chi connectivity index (χ1v) is 5.82. The summed E-state index contributed by atoms with van der Waals surface area (Å²) in [5.41, 5.74) is 8.01. The molecule has 2 aromatic rings. The van der Waals surface area contributed by atoms with Gasteiger partial charge in [-0.2, -0.15) is 0 Å². The molecule has 0 amide bonds. The van der Waals surface area contributed by atoms with Crippen LogP contribution in [-0.4, -0.2) is 16.1 Å². The molecule has 1 aliphatic carbocycles. The molecule has 17 heavy (non-hydrogen) atoms. The molecule has 1 aliphatic rings. The molecule has 3 rings (SSSR count). The highest BCUT2D eigenvalue weighted by atomic mass is 16.1. The predicted molar refractivity (Wildman–Crippen MR) is 66.4 cm³/mol. The van der Waals surface area contributed by atoms with E-state index in [4.69, 9.17) is 5.73 Å². The van der Waals surface area contributed by atoms with E-state index < -0.39 is 0 Å². The van der Waals surface area contributed by atoms with Gasteiger partial charge in [-0.15, -0.1) is 0 Å². The first-order chi connectivity index (χ1) is 8.25. The second-order valence-electron chi connectivity index (χ2n) is 4.67. The zero-order chi connectivity index (χ0) is 11.9. The average molecular weight is 229 g/mol. The molecule has 0 bridgehead atoms. The number of hydrogen-bond acceptors (Lipinski definition) is 2. The lowest BCUT2D eigenvalue weighted by atomic mass is 9.96. The lowest BCUT2D eigenvalue weighted by Crippen LogP contribution is -2.20. The Bertz CT molecular complexity index is 592. The Morgan fingerprint density at radius 3 is 2.82 bits per heavy atom. The van der Waals surface area contributed by atoms with Gasteiger partial charge < -0.3 is 10.7 Å². The second-order valence-corrected chi connectivity index (χ2v) is 4.67. The quantitative estimate of drug-likeness (QED) is 0.829. The van der Waals surface area contributed by atoms with Gasteiger partial charge in [0.15, 0.2) is 0 Å². The van der Waals surface area contributed by atoms with Crippen LogP contribution in [0.4, 0.5) is 0 Å². The van der Waals surface area contributed by atoms with Crippen LogP contribution < -0.4 is 11.4 Å². The average Bonchev–Trinajstić information content (AvgIpc) is 3.06. The van der Waals surface area contributed by atoms with E-state index in [1.807, 2.05) is 12.1 Å². The van der Waals surface area contributed by atoms with Crippen LogP contribution in [0.5, 0.6) is 0 Å². The van der Waals surface area contributed by atoms with Crippen molar-refractivity contribution >= 4 is 0 Å². The molecule has 3 N–H and O–H groups in total. The summed E-state index contributed by atoms with van der Waals surface area (Å²) in [6, 6.07) is 8.08. The van der Waals surface area contributed by atoms with Crippen molar-refractivity contribution in [2.24, 2.45) is 5.73 Å². The number of aromatic amines is 1. The molecule has 1 aromatic carbocycles. The van der Waals surface area contributed by atoms with E-state index in [1.54, 1.807) is 17.0 Å². The fourth-order valence-corrected chi connectivity index (χ4v) is 2.27. The third-order valence-corrected chi connectivity index (χ3v) is 3.63. The highest BCUT2D eigenvalue weighted by molar-refractivity contribution is 5.42. The van der Waals surface area contributed by atoms with Gasteiger partial charge in [-0.3, -0.25) is 4.57 Å². The van der Waals surface area contributed by atoms with Crippen LogP contribution in [0.15, 0.2) is 41.5 Å². The monoisotopic (exact) mass is 229 g/mol. The van der Waals surface area contributed by atoms with Crippen LogP contribution >= 0.6 is 0 Å². The molecule has 1 aromatic heterocycles. The fourth-order valence-electron chi connectivity index (χ4n) is 2.27. The normalized spacial score (nSPS) is 17.0. The van der Waals surface area contributed by atoms with Crippen molar-refractivity contribution in [3.8, 4) is 5.69 Å². The Labute approximate surface area is 99.1 Å². The van der Waals surface area contributed by atoms with Crippen molar-refractivity contribution in [2.45, 2.75) is 18.3 Å². The smallest absolute Gasteiger partial charge is 0.330 e. The molecule has 0 atom stereocenters. The largest absolute Gasteiger partial charge is 0.330 e. The van der Waals surface area contributed by atoms with E-state index in [0.29, 0.717) is 6.54 Å². The summed E-state index contributed by atoms with van der Waals surface area (Å²) in [5, 5.41) is 0. The van der Waals surface area contributed by atoms with Crippen LogP contribution in [0.2, 0.25) is 0 Å². The Balaban J connectivity index is 2.06. The number of aromatic nitrogens is 2. The van der Waals surface area contributed by atoms with E-state index in [2.05, 4.69) is 17.1 Å². The number of H-pyrrole nitrogens is 1. The maximum Gasteiger partial charge on any atom is 0.330 e. The fraction of sp³-hybridized carbons (Fsp3) is 0.308. The zero-order valence-corrected chi connectivity index (χ0v) is 9.52. The van der Waals surface area contributed by atoms with Gasteiger partial charge in [0.1, 0.15) is 0 Å². The topological polar surface area (TPSA) is 63.8 Å². The predicted octanol–water partition coefficient (Wildman–Crippen LogP) is 1.16. The third-order valence-electron chi connectivity index (χ3n) is 3.63. The minimum absolute atomic E-state index is 0.111. The SMILES string of the molecule is NCC1(c2cccc(-n3cc[nH]c3=O)c2)CC1. The van der Waals surface area contributed by atoms with Crippen LogP contribution in [0.25, 0.3) is 5.69 Å². The number of hydrogen-bond donors (Lipinski definition) is 2. The van der Waals surface area contributed by atoms with E-state index in [-0.39, 0.29) is 11.1 Å². The molecule has 0 spiro atoms. The lowest BCUT2D eigenvalue weighted by molar-refractivity contribution is 0.703. The Hall–Kier alpha value is -1.81. The van der Waals surface area contributed by atoms with Crippen LogP contribution in [-0.2, 0) is 5.41 Å². The molecule has 4 nitrogen and oxygen atoms in total. The summed E-state index contributed by atoms with van der Waals surface area (Å²) in [6.07, 6.45) is 5.68. The molecule has 88 valence electrons. The Kier molecular flexibility index (Phi) is 2.19. The first-order valence-electron chi connectivity index (χ1n) is 5.82. The molecule has 1 saturated carbocycles. The number of nitrogens with two attached hydrogens (primary N) is 1. The summed E-state index contributed by atoms with van der Waals surface area (Å²) >= 11 is 0. The van der Waals surface area contributed by atoms with Gasteiger partial charge in [-0.05, 0) is 30.5 Å². The highest BCUT2D eigenvalue weighted by Crippen LogP contribution is 2.47. The molecular formula is C13H15N3O. The summed E-state index contributed by atoms with van der Waals surface area (Å²) in [4.78, 5) is 14.2. The number of nitrogens with zero attached hydrogens (tertiary/aromatic N) is 1. The van der Waals surface area contributed by atoms with Crippen molar-refractivity contribution in [2.75, 3.05) is 6.54 Å². The van der Waals surface area contributed by atoms with Gasteiger partial charge in [0, 0.05) is 24.4 Å². The zero-order valence-electron chi connectivity index (χ0n) is 9.52. The molecule has 0 saturated heterocycles. The third kappa shape index (κ3) is 1.61. The maximum atomic E-state index is 11.5. The van der Waals surface area contributed by atoms with Crippen molar-refractivity contribution < 1.29 is 0 Å². The molecule has 1 fully saturated rings. The van der Waals surface area contributed by atoms with Crippen molar-refractivity contribution in [3.05, 3.63) is 52.7 Å². The van der Waals surface area contributed by atoms with Crippen molar-refractivity contribution in [1.29, 1.82) is 0 Å². The van der Waals surface area contributed by atoms with E-state index in [9.17, 15) is 4.79 Å². The molecular weight excluding hydrogens is 214 g/mol. The van der Waals surface area contributed by atoms with E-state index in [1.165, 1.54) is 5.56 Å². The van der Waals surface area contributed by atoms with Crippen molar-refractivity contribution in [1.82, 2.24) is 9.55 Å². The van der Waals surface area contributed by atoms with E-state index in [0.717, 1.165) is 18.5 Å². The molecule has 0 aliphatic heterocycles. The van der Waals surface area contributed by atoms with Crippen molar-refractivity contribution in [3.63, 3.8) is 0 Å². The minimum Gasteiger partial charge on any atom is -0.330 e. The molecule has 0 radical (unpaired) electrons. The Morgan fingerprint density at radius 2 is 2.24 bits per heavy atom. The van der Waals surface area contributed by atoms with Crippen LogP contribution in [0.1, 0.15) is 18.4 Å². The van der Waals surface area contributed by atoms with Crippen LogP contribution in [0, 0.1) is 0 Å². The first kappa shape index (κ1) is 10.4.